The van der Waals surface area contributed by atoms with Gasteiger partial charge in [0, 0.05) is 6.04 Å². The molecule has 1 aliphatic rings. The largest absolute Gasteiger partial charge is 0.465 e. The van der Waals surface area contributed by atoms with E-state index in [1.165, 1.54) is 5.56 Å². The zero-order valence-corrected chi connectivity index (χ0v) is 12.0. The summed E-state index contributed by atoms with van der Waals surface area (Å²) in [6.45, 7) is 7.58. The van der Waals surface area contributed by atoms with Crippen molar-refractivity contribution in [2.45, 2.75) is 39.3 Å². The van der Waals surface area contributed by atoms with Crippen molar-refractivity contribution in [1.82, 2.24) is 4.90 Å². The predicted molar refractivity (Wildman–Crippen MR) is 75.8 cm³/mol. The van der Waals surface area contributed by atoms with E-state index in [9.17, 15) is 4.79 Å². The van der Waals surface area contributed by atoms with E-state index in [2.05, 4.69) is 30.9 Å². The summed E-state index contributed by atoms with van der Waals surface area (Å²) in [5, 5.41) is 0. The van der Waals surface area contributed by atoms with Crippen molar-refractivity contribution < 1.29 is 9.53 Å². The third-order valence-electron chi connectivity index (χ3n) is 4.05. The van der Waals surface area contributed by atoms with Crippen LogP contribution in [-0.4, -0.2) is 30.1 Å². The lowest BCUT2D eigenvalue weighted by molar-refractivity contribution is -0.150. The van der Waals surface area contributed by atoms with Gasteiger partial charge in [0.2, 0.25) is 0 Å². The van der Waals surface area contributed by atoms with Crippen molar-refractivity contribution in [3.05, 3.63) is 35.9 Å². The van der Waals surface area contributed by atoms with E-state index in [0.717, 1.165) is 13.0 Å². The van der Waals surface area contributed by atoms with Gasteiger partial charge in [0.05, 0.1) is 6.61 Å². The van der Waals surface area contributed by atoms with Gasteiger partial charge in [0.25, 0.3) is 0 Å². The van der Waals surface area contributed by atoms with Crippen LogP contribution >= 0.6 is 0 Å². The molecular weight excluding hydrogens is 238 g/mol. The fourth-order valence-corrected chi connectivity index (χ4v) is 2.93. The smallest absolute Gasteiger partial charge is 0.323 e. The maximum atomic E-state index is 12.1. The second-order valence-corrected chi connectivity index (χ2v) is 5.29. The number of ether oxygens (including phenoxy) is 1. The van der Waals surface area contributed by atoms with E-state index >= 15 is 0 Å². The first-order valence-corrected chi connectivity index (χ1v) is 7.12. The van der Waals surface area contributed by atoms with Crippen molar-refractivity contribution in [3.8, 4) is 0 Å². The molecule has 0 radical (unpaired) electrons. The summed E-state index contributed by atoms with van der Waals surface area (Å²) in [5.74, 6) is 0.292. The summed E-state index contributed by atoms with van der Waals surface area (Å²) in [5.41, 5.74) is 1.26. The average Bonchev–Trinajstić information content (AvgIpc) is 2.81. The van der Waals surface area contributed by atoms with Crippen LogP contribution in [-0.2, 0) is 9.53 Å². The normalized spacial score (nSPS) is 25.2. The van der Waals surface area contributed by atoms with Gasteiger partial charge in [-0.2, -0.15) is 0 Å². The van der Waals surface area contributed by atoms with Gasteiger partial charge >= 0.3 is 5.97 Å². The molecule has 3 atom stereocenters. The molecule has 19 heavy (non-hydrogen) atoms. The van der Waals surface area contributed by atoms with Crippen LogP contribution in [0.15, 0.2) is 30.3 Å². The summed E-state index contributed by atoms with van der Waals surface area (Å²) < 4.78 is 5.23. The molecule has 104 valence electrons. The molecule has 0 spiro atoms. The maximum Gasteiger partial charge on any atom is 0.323 e. The quantitative estimate of drug-likeness (QED) is 0.780. The van der Waals surface area contributed by atoms with Crippen molar-refractivity contribution in [1.29, 1.82) is 0 Å². The van der Waals surface area contributed by atoms with Gasteiger partial charge in [0.15, 0.2) is 0 Å². The molecule has 3 heteroatoms. The van der Waals surface area contributed by atoms with Crippen molar-refractivity contribution >= 4 is 5.97 Å². The Hall–Kier alpha value is -1.35. The standard InChI is InChI=1S/C16H23NO2/c1-4-19-16(18)15-12(2)10-11-17(15)13(3)14-8-6-5-7-9-14/h5-9,12-13,15H,4,10-11H2,1-3H3/t12-,13+,15+/m1/s1. The van der Waals surface area contributed by atoms with E-state index in [-0.39, 0.29) is 18.1 Å². The van der Waals surface area contributed by atoms with E-state index in [1.54, 1.807) is 0 Å². The SMILES string of the molecule is CCOC(=O)[C@@H]1[C@H](C)CCN1[C@@H](C)c1ccccc1. The molecule has 0 aliphatic carbocycles. The number of carbonyl (C=O) groups is 1. The minimum absolute atomic E-state index is 0.0738. The first kappa shape index (κ1) is 14.1. The van der Waals surface area contributed by atoms with Crippen molar-refractivity contribution in [2.24, 2.45) is 5.92 Å². The van der Waals surface area contributed by atoms with Gasteiger partial charge in [0.1, 0.15) is 6.04 Å². The number of likely N-dealkylation sites (tertiary alicyclic amines) is 1. The summed E-state index contributed by atoms with van der Waals surface area (Å²) >= 11 is 0. The molecule has 2 rings (SSSR count). The number of hydrogen-bond acceptors (Lipinski definition) is 3. The van der Waals surface area contributed by atoms with Gasteiger partial charge < -0.3 is 4.74 Å². The number of nitrogens with zero attached hydrogens (tertiary/aromatic N) is 1. The molecule has 0 bridgehead atoms. The highest BCUT2D eigenvalue weighted by Crippen LogP contribution is 2.33. The van der Waals surface area contributed by atoms with E-state index < -0.39 is 0 Å². The first-order chi connectivity index (χ1) is 9.15. The summed E-state index contributed by atoms with van der Waals surface area (Å²) in [6, 6.07) is 10.5. The number of carbonyl (C=O) groups excluding carboxylic acids is 1. The molecule has 0 saturated carbocycles. The second kappa shape index (κ2) is 6.20. The Kier molecular flexibility index (Phi) is 4.59. The summed E-state index contributed by atoms with van der Waals surface area (Å²) in [4.78, 5) is 14.4. The Morgan fingerprint density at radius 1 is 1.42 bits per heavy atom. The van der Waals surface area contributed by atoms with E-state index in [1.807, 2.05) is 25.1 Å². The number of rotatable bonds is 4. The monoisotopic (exact) mass is 261 g/mol. The van der Waals surface area contributed by atoms with Crippen molar-refractivity contribution in [2.75, 3.05) is 13.2 Å². The highest BCUT2D eigenvalue weighted by Gasteiger charge is 2.40. The van der Waals surface area contributed by atoms with Gasteiger partial charge in [-0.15, -0.1) is 0 Å². The zero-order chi connectivity index (χ0) is 13.8. The van der Waals surface area contributed by atoms with Crippen LogP contribution in [0.4, 0.5) is 0 Å². The highest BCUT2D eigenvalue weighted by molar-refractivity contribution is 5.76. The third kappa shape index (κ3) is 2.98. The zero-order valence-electron chi connectivity index (χ0n) is 12.0. The Balaban J connectivity index is 2.16. The molecule has 0 amide bonds. The van der Waals surface area contributed by atoms with Crippen LogP contribution in [0.5, 0.6) is 0 Å². The van der Waals surface area contributed by atoms with Crippen LogP contribution in [0.25, 0.3) is 0 Å². The molecular formula is C16H23NO2. The maximum absolute atomic E-state index is 12.1. The molecule has 1 fully saturated rings. The van der Waals surface area contributed by atoms with Gasteiger partial charge in [-0.25, -0.2) is 0 Å². The van der Waals surface area contributed by atoms with E-state index in [4.69, 9.17) is 4.74 Å². The van der Waals surface area contributed by atoms with Crippen molar-refractivity contribution in [3.63, 3.8) is 0 Å². The fourth-order valence-electron chi connectivity index (χ4n) is 2.93. The highest BCUT2D eigenvalue weighted by atomic mass is 16.5. The second-order valence-electron chi connectivity index (χ2n) is 5.29. The molecule has 1 aliphatic heterocycles. The Labute approximate surface area is 115 Å². The van der Waals surface area contributed by atoms with Crippen LogP contribution in [0.3, 0.4) is 0 Å². The Morgan fingerprint density at radius 3 is 2.74 bits per heavy atom. The molecule has 1 aromatic rings. The van der Waals surface area contributed by atoms with Crippen LogP contribution < -0.4 is 0 Å². The number of hydrogen-bond donors (Lipinski definition) is 0. The minimum Gasteiger partial charge on any atom is -0.465 e. The first-order valence-electron chi connectivity index (χ1n) is 7.12. The lowest BCUT2D eigenvalue weighted by Gasteiger charge is -2.31. The van der Waals surface area contributed by atoms with Gasteiger partial charge in [-0.05, 0) is 38.3 Å². The minimum atomic E-state index is -0.102. The molecule has 1 aromatic carbocycles. The molecule has 1 saturated heterocycles. The van der Waals surface area contributed by atoms with Crippen LogP contribution in [0.2, 0.25) is 0 Å². The lowest BCUT2D eigenvalue weighted by atomic mass is 10.0. The topological polar surface area (TPSA) is 29.5 Å². The summed E-state index contributed by atoms with van der Waals surface area (Å²) in [7, 11) is 0. The van der Waals surface area contributed by atoms with Gasteiger partial charge in [-0.3, -0.25) is 9.69 Å². The third-order valence-corrected chi connectivity index (χ3v) is 4.05. The molecule has 0 N–H and O–H groups in total. The molecule has 0 aromatic heterocycles. The Bertz CT molecular complexity index is 418. The Morgan fingerprint density at radius 2 is 2.11 bits per heavy atom. The summed E-state index contributed by atoms with van der Waals surface area (Å²) in [6.07, 6.45) is 1.06. The molecule has 3 nitrogen and oxygen atoms in total. The van der Waals surface area contributed by atoms with Crippen LogP contribution in [0.1, 0.15) is 38.8 Å². The average molecular weight is 261 g/mol. The number of esters is 1. The van der Waals surface area contributed by atoms with Gasteiger partial charge in [-0.1, -0.05) is 37.3 Å². The van der Waals surface area contributed by atoms with E-state index in [0.29, 0.717) is 12.5 Å². The fraction of sp³-hybridized carbons (Fsp3) is 0.562. The predicted octanol–water partition coefficient (Wildman–Crippen LogP) is 3.02. The molecule has 1 heterocycles. The number of benzene rings is 1. The van der Waals surface area contributed by atoms with Crippen LogP contribution in [0, 0.1) is 5.92 Å². The molecule has 0 unspecified atom stereocenters. The lowest BCUT2D eigenvalue weighted by Crippen LogP contribution is -2.41.